The summed E-state index contributed by atoms with van der Waals surface area (Å²) < 4.78 is 8.42. The third-order valence-electron chi connectivity index (χ3n) is 5.44. The van der Waals surface area contributed by atoms with Crippen molar-refractivity contribution in [2.45, 2.75) is 59.7 Å². The van der Waals surface area contributed by atoms with Gasteiger partial charge in [-0.1, -0.05) is 30.6 Å². The number of benzene rings is 1. The Hall–Kier alpha value is -3.49. The SMILES string of the molecule is CCc1noc(Cn2cnc3c4cc(C)ccc4n(CC(=O)N[C@H](C)CC)c3c2=O)n1. The van der Waals surface area contributed by atoms with Crippen molar-refractivity contribution >= 4 is 27.8 Å². The Morgan fingerprint density at radius 2 is 2.10 bits per heavy atom. The molecule has 4 rings (SSSR count). The maximum absolute atomic E-state index is 13.4. The van der Waals surface area contributed by atoms with Crippen LogP contribution in [0.2, 0.25) is 0 Å². The minimum absolute atomic E-state index is 0.0366. The van der Waals surface area contributed by atoms with Crippen LogP contribution < -0.4 is 10.9 Å². The Labute approximate surface area is 179 Å². The fourth-order valence-electron chi connectivity index (χ4n) is 3.60. The van der Waals surface area contributed by atoms with Crippen molar-refractivity contribution in [1.29, 1.82) is 0 Å². The molecule has 3 heterocycles. The van der Waals surface area contributed by atoms with E-state index in [1.807, 2.05) is 45.9 Å². The van der Waals surface area contributed by atoms with Gasteiger partial charge in [0.05, 0.1) is 11.8 Å². The predicted molar refractivity (Wildman–Crippen MR) is 117 cm³/mol. The highest BCUT2D eigenvalue weighted by atomic mass is 16.5. The summed E-state index contributed by atoms with van der Waals surface area (Å²) in [6, 6.07) is 5.94. The van der Waals surface area contributed by atoms with Crippen molar-refractivity contribution in [2.75, 3.05) is 0 Å². The fourth-order valence-corrected chi connectivity index (χ4v) is 3.60. The van der Waals surface area contributed by atoms with E-state index in [0.29, 0.717) is 29.2 Å². The standard InChI is InChI=1S/C22H26N6O3/c1-5-14(4)24-18(29)10-28-16-8-7-13(3)9-15(16)20-21(28)22(30)27(12-23-20)11-19-25-17(6-2)26-31-19/h7-9,12,14H,5-6,10-11H2,1-4H3,(H,24,29)/t14-/m1/s1. The van der Waals surface area contributed by atoms with Gasteiger partial charge in [-0.3, -0.25) is 14.2 Å². The first-order valence-corrected chi connectivity index (χ1v) is 10.5. The third-order valence-corrected chi connectivity index (χ3v) is 5.44. The minimum atomic E-state index is -0.258. The molecule has 31 heavy (non-hydrogen) atoms. The molecule has 0 aliphatic heterocycles. The molecule has 0 radical (unpaired) electrons. The number of carbonyl (C=O) groups excluding carboxylic acids is 1. The lowest BCUT2D eigenvalue weighted by atomic mass is 10.1. The van der Waals surface area contributed by atoms with Crippen LogP contribution in [0.5, 0.6) is 0 Å². The van der Waals surface area contributed by atoms with Crippen molar-refractivity contribution in [3.63, 3.8) is 0 Å². The molecule has 0 unspecified atom stereocenters. The summed E-state index contributed by atoms with van der Waals surface area (Å²) in [5.41, 5.74) is 2.56. The number of aryl methyl sites for hydroxylation is 2. The van der Waals surface area contributed by atoms with E-state index < -0.39 is 0 Å². The van der Waals surface area contributed by atoms with E-state index in [4.69, 9.17) is 4.52 Å². The average molecular weight is 422 g/mol. The van der Waals surface area contributed by atoms with Gasteiger partial charge in [-0.05, 0) is 32.4 Å². The summed E-state index contributed by atoms with van der Waals surface area (Å²) >= 11 is 0. The lowest BCUT2D eigenvalue weighted by Crippen LogP contribution is -2.35. The molecule has 0 spiro atoms. The van der Waals surface area contributed by atoms with Crippen LogP contribution in [0.4, 0.5) is 0 Å². The van der Waals surface area contributed by atoms with Crippen LogP contribution in [0.25, 0.3) is 21.9 Å². The van der Waals surface area contributed by atoms with Gasteiger partial charge < -0.3 is 14.4 Å². The van der Waals surface area contributed by atoms with Gasteiger partial charge >= 0.3 is 0 Å². The van der Waals surface area contributed by atoms with Crippen molar-refractivity contribution in [3.05, 3.63) is 52.2 Å². The van der Waals surface area contributed by atoms with Crippen LogP contribution in [0.15, 0.2) is 33.8 Å². The van der Waals surface area contributed by atoms with E-state index in [0.717, 1.165) is 22.9 Å². The van der Waals surface area contributed by atoms with Gasteiger partial charge in [0.1, 0.15) is 24.1 Å². The first kappa shape index (κ1) is 20.8. The second kappa shape index (κ2) is 8.33. The second-order valence-corrected chi connectivity index (χ2v) is 7.82. The zero-order valence-electron chi connectivity index (χ0n) is 18.2. The number of carbonyl (C=O) groups is 1. The smallest absolute Gasteiger partial charge is 0.278 e. The van der Waals surface area contributed by atoms with E-state index in [1.54, 1.807) is 4.57 Å². The largest absolute Gasteiger partial charge is 0.352 e. The summed E-state index contributed by atoms with van der Waals surface area (Å²) in [4.78, 5) is 34.9. The Morgan fingerprint density at radius 1 is 1.29 bits per heavy atom. The number of rotatable bonds is 7. The van der Waals surface area contributed by atoms with Crippen molar-refractivity contribution in [2.24, 2.45) is 0 Å². The van der Waals surface area contributed by atoms with Gasteiger partial charge in [0.25, 0.3) is 5.56 Å². The highest BCUT2D eigenvalue weighted by molar-refractivity contribution is 6.06. The Bertz CT molecular complexity index is 1320. The molecule has 3 aromatic heterocycles. The number of aromatic nitrogens is 5. The zero-order chi connectivity index (χ0) is 22.1. The van der Waals surface area contributed by atoms with E-state index in [9.17, 15) is 9.59 Å². The molecule has 9 heteroatoms. The van der Waals surface area contributed by atoms with Gasteiger partial charge in [-0.2, -0.15) is 4.98 Å². The molecule has 1 N–H and O–H groups in total. The molecule has 0 saturated carbocycles. The highest BCUT2D eigenvalue weighted by Crippen LogP contribution is 2.26. The third kappa shape index (κ3) is 3.95. The lowest BCUT2D eigenvalue weighted by molar-refractivity contribution is -0.122. The maximum Gasteiger partial charge on any atom is 0.278 e. The average Bonchev–Trinajstić information content (AvgIpc) is 3.32. The molecule has 4 aromatic rings. The van der Waals surface area contributed by atoms with Gasteiger partial charge in [0, 0.05) is 17.8 Å². The zero-order valence-corrected chi connectivity index (χ0v) is 18.2. The maximum atomic E-state index is 13.4. The molecule has 162 valence electrons. The molecular formula is C22H26N6O3. The number of fused-ring (bicyclic) bond motifs is 3. The summed E-state index contributed by atoms with van der Waals surface area (Å²) in [5, 5.41) is 7.70. The summed E-state index contributed by atoms with van der Waals surface area (Å²) in [6.07, 6.45) is 2.97. The summed E-state index contributed by atoms with van der Waals surface area (Å²) in [5.74, 6) is 0.782. The number of hydrogen-bond donors (Lipinski definition) is 1. The van der Waals surface area contributed by atoms with Crippen molar-refractivity contribution < 1.29 is 9.32 Å². The highest BCUT2D eigenvalue weighted by Gasteiger charge is 2.20. The molecule has 9 nitrogen and oxygen atoms in total. The molecular weight excluding hydrogens is 396 g/mol. The van der Waals surface area contributed by atoms with Gasteiger partial charge in [0.15, 0.2) is 5.82 Å². The fraction of sp³-hybridized carbons (Fsp3) is 0.409. The topological polar surface area (TPSA) is 108 Å². The molecule has 1 aromatic carbocycles. The second-order valence-electron chi connectivity index (χ2n) is 7.82. The molecule has 0 bridgehead atoms. The summed E-state index contributed by atoms with van der Waals surface area (Å²) in [6.45, 7) is 8.04. The normalized spacial score (nSPS) is 12.5. The van der Waals surface area contributed by atoms with Crippen molar-refractivity contribution in [3.8, 4) is 0 Å². The number of amides is 1. The predicted octanol–water partition coefficient (Wildman–Crippen LogP) is 2.57. The number of hydrogen-bond acceptors (Lipinski definition) is 6. The molecule has 0 fully saturated rings. The lowest BCUT2D eigenvalue weighted by Gasteiger charge is -2.13. The van der Waals surface area contributed by atoms with Gasteiger partial charge in [-0.15, -0.1) is 0 Å². The van der Waals surface area contributed by atoms with E-state index in [1.165, 1.54) is 10.9 Å². The van der Waals surface area contributed by atoms with Gasteiger partial charge in [0.2, 0.25) is 11.8 Å². The van der Waals surface area contributed by atoms with E-state index >= 15 is 0 Å². The van der Waals surface area contributed by atoms with Gasteiger partial charge in [-0.25, -0.2) is 4.98 Å². The van der Waals surface area contributed by atoms with Crippen LogP contribution in [0.3, 0.4) is 0 Å². The molecule has 0 saturated heterocycles. The molecule has 1 atom stereocenters. The Balaban J connectivity index is 1.84. The van der Waals surface area contributed by atoms with E-state index in [2.05, 4.69) is 20.4 Å². The van der Waals surface area contributed by atoms with Crippen LogP contribution in [-0.2, 0) is 24.3 Å². The first-order chi connectivity index (χ1) is 14.9. The van der Waals surface area contributed by atoms with Crippen LogP contribution in [-0.4, -0.2) is 36.2 Å². The first-order valence-electron chi connectivity index (χ1n) is 10.5. The molecule has 1 amide bonds. The minimum Gasteiger partial charge on any atom is -0.352 e. The Kier molecular flexibility index (Phi) is 5.58. The van der Waals surface area contributed by atoms with Crippen LogP contribution in [0, 0.1) is 6.92 Å². The van der Waals surface area contributed by atoms with Crippen molar-refractivity contribution in [1.82, 2.24) is 29.6 Å². The quantitative estimate of drug-likeness (QED) is 0.490. The molecule has 0 aliphatic carbocycles. The summed E-state index contributed by atoms with van der Waals surface area (Å²) in [7, 11) is 0. The Morgan fingerprint density at radius 3 is 2.81 bits per heavy atom. The van der Waals surface area contributed by atoms with Crippen LogP contribution in [0.1, 0.15) is 44.5 Å². The number of nitrogens with zero attached hydrogens (tertiary/aromatic N) is 5. The molecule has 0 aliphatic rings. The number of nitrogens with one attached hydrogen (secondary N) is 1. The van der Waals surface area contributed by atoms with Crippen LogP contribution >= 0.6 is 0 Å². The van der Waals surface area contributed by atoms with E-state index in [-0.39, 0.29) is 30.6 Å². The monoisotopic (exact) mass is 422 g/mol.